The summed E-state index contributed by atoms with van der Waals surface area (Å²) in [6, 6.07) is 7.86. The first kappa shape index (κ1) is 12.5. The molecule has 0 amide bonds. The van der Waals surface area contributed by atoms with Gasteiger partial charge in [0.1, 0.15) is 17.3 Å². The van der Waals surface area contributed by atoms with Crippen molar-refractivity contribution >= 4 is 5.78 Å². The number of rotatable bonds is 2. The first-order valence-corrected chi connectivity index (χ1v) is 7.13. The summed E-state index contributed by atoms with van der Waals surface area (Å²) in [4.78, 5) is 11.7. The molecule has 0 aromatic heterocycles. The molecule has 100 valence electrons. The summed E-state index contributed by atoms with van der Waals surface area (Å²) in [6.45, 7) is 4.24. The Kier molecular flexibility index (Phi) is 2.96. The van der Waals surface area contributed by atoms with Crippen LogP contribution in [0.5, 0.6) is 11.5 Å². The molecule has 2 nitrogen and oxygen atoms in total. The van der Waals surface area contributed by atoms with Crippen LogP contribution >= 0.6 is 0 Å². The van der Waals surface area contributed by atoms with E-state index in [4.69, 9.17) is 4.74 Å². The fourth-order valence-electron chi connectivity index (χ4n) is 3.48. The van der Waals surface area contributed by atoms with E-state index in [1.807, 2.05) is 31.2 Å². The molecule has 2 heteroatoms. The zero-order valence-corrected chi connectivity index (χ0v) is 11.6. The average molecular weight is 256 g/mol. The molecule has 2 heterocycles. The predicted octanol–water partition coefficient (Wildman–Crippen LogP) is 4.36. The van der Waals surface area contributed by atoms with Gasteiger partial charge in [-0.1, -0.05) is 32.1 Å². The number of carbonyl (C=O) groups excluding carboxylic acids is 1. The summed E-state index contributed by atoms with van der Waals surface area (Å²) in [7, 11) is 0. The summed E-state index contributed by atoms with van der Waals surface area (Å²) in [5, 5.41) is 0. The van der Waals surface area contributed by atoms with Gasteiger partial charge in [-0.2, -0.15) is 0 Å². The van der Waals surface area contributed by atoms with Gasteiger partial charge in [0.25, 0.3) is 0 Å². The SMILES string of the molecule is CCC(=O)C12C=CC(C1)C(C)C2.c1cc2cc(c1)O2. The highest BCUT2D eigenvalue weighted by Crippen LogP contribution is 2.53. The Hall–Kier alpha value is -1.57. The van der Waals surface area contributed by atoms with Gasteiger partial charge in [-0.3, -0.25) is 4.79 Å². The summed E-state index contributed by atoms with van der Waals surface area (Å²) in [5.74, 6) is 3.84. The van der Waals surface area contributed by atoms with E-state index in [-0.39, 0.29) is 5.41 Å². The molecule has 3 unspecified atom stereocenters. The minimum absolute atomic E-state index is 0.0289. The molecule has 19 heavy (non-hydrogen) atoms. The van der Waals surface area contributed by atoms with Crippen LogP contribution in [0.3, 0.4) is 0 Å². The fraction of sp³-hybridized carbons (Fsp3) is 0.471. The largest absolute Gasteiger partial charge is 0.457 e. The third-order valence-electron chi connectivity index (χ3n) is 4.60. The van der Waals surface area contributed by atoms with Crippen molar-refractivity contribution in [3.63, 3.8) is 0 Å². The first-order valence-electron chi connectivity index (χ1n) is 7.13. The van der Waals surface area contributed by atoms with Gasteiger partial charge >= 0.3 is 0 Å². The summed E-state index contributed by atoms with van der Waals surface area (Å²) in [6.07, 6.45) is 7.32. The molecular weight excluding hydrogens is 236 g/mol. The normalized spacial score (nSPS) is 32.1. The van der Waals surface area contributed by atoms with Crippen LogP contribution < -0.4 is 4.74 Å². The van der Waals surface area contributed by atoms with Gasteiger partial charge in [0.2, 0.25) is 0 Å². The number of allylic oxidation sites excluding steroid dienone is 2. The van der Waals surface area contributed by atoms with Crippen molar-refractivity contribution in [2.45, 2.75) is 33.1 Å². The highest BCUT2D eigenvalue weighted by molar-refractivity contribution is 5.87. The molecule has 5 rings (SSSR count). The highest BCUT2D eigenvalue weighted by Gasteiger charge is 2.48. The molecule has 1 aromatic carbocycles. The number of fused-ring (bicyclic) bond motifs is 4. The lowest BCUT2D eigenvalue weighted by atomic mass is 9.80. The number of carbonyl (C=O) groups is 1. The molecule has 0 N–H and O–H groups in total. The average Bonchev–Trinajstić information content (AvgIpc) is 2.97. The van der Waals surface area contributed by atoms with Crippen LogP contribution in [-0.2, 0) is 4.79 Å². The van der Waals surface area contributed by atoms with Crippen LogP contribution in [0.1, 0.15) is 33.1 Å². The van der Waals surface area contributed by atoms with E-state index in [1.54, 1.807) is 0 Å². The van der Waals surface area contributed by atoms with Crippen molar-refractivity contribution in [1.29, 1.82) is 0 Å². The second kappa shape index (κ2) is 4.52. The zero-order chi connectivity index (χ0) is 13.5. The second-order valence-electron chi connectivity index (χ2n) is 5.92. The molecule has 4 bridgehead atoms. The van der Waals surface area contributed by atoms with E-state index in [1.165, 1.54) is 0 Å². The van der Waals surface area contributed by atoms with Gasteiger partial charge in [0.15, 0.2) is 0 Å². The number of hydrogen-bond donors (Lipinski definition) is 0. The molecule has 0 spiro atoms. The molecule has 1 saturated carbocycles. The molecule has 4 aliphatic rings. The molecule has 0 radical (unpaired) electrons. The van der Waals surface area contributed by atoms with Crippen molar-refractivity contribution in [2.24, 2.45) is 17.3 Å². The van der Waals surface area contributed by atoms with Crippen molar-refractivity contribution < 1.29 is 9.53 Å². The van der Waals surface area contributed by atoms with Crippen LogP contribution in [0.4, 0.5) is 0 Å². The van der Waals surface area contributed by atoms with Crippen LogP contribution in [0.2, 0.25) is 0 Å². The minimum atomic E-state index is -0.0289. The molecular formula is C17H20O2. The smallest absolute Gasteiger partial charge is 0.142 e. The van der Waals surface area contributed by atoms with E-state index >= 15 is 0 Å². The molecule has 3 atom stereocenters. The fourth-order valence-corrected chi connectivity index (χ4v) is 3.48. The maximum atomic E-state index is 11.7. The van der Waals surface area contributed by atoms with Crippen molar-refractivity contribution in [3.8, 4) is 11.5 Å². The maximum absolute atomic E-state index is 11.7. The monoisotopic (exact) mass is 256 g/mol. The Morgan fingerprint density at radius 2 is 2.05 bits per heavy atom. The highest BCUT2D eigenvalue weighted by atomic mass is 16.5. The predicted molar refractivity (Wildman–Crippen MR) is 75.3 cm³/mol. The van der Waals surface area contributed by atoms with Gasteiger partial charge < -0.3 is 4.74 Å². The molecule has 1 aromatic rings. The van der Waals surface area contributed by atoms with Crippen LogP contribution in [0, 0.1) is 17.3 Å². The van der Waals surface area contributed by atoms with Gasteiger partial charge in [0, 0.05) is 17.9 Å². The molecule has 2 aliphatic heterocycles. The molecule has 1 fully saturated rings. The van der Waals surface area contributed by atoms with Crippen LogP contribution in [0.15, 0.2) is 36.4 Å². The second-order valence-corrected chi connectivity index (χ2v) is 5.92. The Labute approximate surface area is 114 Å². The number of benzene rings is 1. The number of Topliss-reactive ketones (excluding diaryl/α,β-unsaturated/α-hetero) is 1. The molecule has 2 aliphatic carbocycles. The Balaban J connectivity index is 0.000000132. The van der Waals surface area contributed by atoms with Gasteiger partial charge in [-0.25, -0.2) is 0 Å². The van der Waals surface area contributed by atoms with Crippen LogP contribution in [-0.4, -0.2) is 5.78 Å². The Morgan fingerprint density at radius 3 is 2.37 bits per heavy atom. The lowest BCUT2D eigenvalue weighted by molar-refractivity contribution is -0.125. The lowest BCUT2D eigenvalue weighted by Gasteiger charge is -2.22. The number of hydrogen-bond acceptors (Lipinski definition) is 2. The molecule has 0 saturated heterocycles. The van der Waals surface area contributed by atoms with Crippen LogP contribution in [0.25, 0.3) is 0 Å². The van der Waals surface area contributed by atoms with E-state index in [0.29, 0.717) is 18.1 Å². The van der Waals surface area contributed by atoms with Gasteiger partial charge in [-0.15, -0.1) is 0 Å². The summed E-state index contributed by atoms with van der Waals surface area (Å²) < 4.78 is 5.01. The number of ketones is 1. The standard InChI is InChI=1S/C11H16O.C6H4O/c1-3-10(12)11-5-4-9(7-11)8(2)6-11;1-2-5-4-6(3-1)7-5/h4-5,8-9H,3,6-7H2,1-2H3;1-4H. The summed E-state index contributed by atoms with van der Waals surface area (Å²) >= 11 is 0. The van der Waals surface area contributed by atoms with E-state index in [0.717, 1.165) is 30.3 Å². The lowest BCUT2D eigenvalue weighted by Crippen LogP contribution is -2.24. The Bertz CT molecular complexity index is 507. The van der Waals surface area contributed by atoms with Crippen molar-refractivity contribution in [3.05, 3.63) is 36.4 Å². The van der Waals surface area contributed by atoms with E-state index in [9.17, 15) is 4.79 Å². The maximum Gasteiger partial charge on any atom is 0.142 e. The van der Waals surface area contributed by atoms with Gasteiger partial charge in [0.05, 0.1) is 0 Å². The topological polar surface area (TPSA) is 26.3 Å². The van der Waals surface area contributed by atoms with Crippen molar-refractivity contribution in [2.75, 3.05) is 0 Å². The quantitative estimate of drug-likeness (QED) is 0.746. The first-order chi connectivity index (χ1) is 9.13. The van der Waals surface area contributed by atoms with E-state index in [2.05, 4.69) is 19.1 Å². The minimum Gasteiger partial charge on any atom is -0.457 e. The van der Waals surface area contributed by atoms with Crippen molar-refractivity contribution in [1.82, 2.24) is 0 Å². The Morgan fingerprint density at radius 1 is 1.37 bits per heavy atom. The van der Waals surface area contributed by atoms with E-state index < -0.39 is 0 Å². The third-order valence-corrected chi connectivity index (χ3v) is 4.60. The number of ether oxygens (including phenoxy) is 1. The zero-order valence-electron chi connectivity index (χ0n) is 11.6. The summed E-state index contributed by atoms with van der Waals surface area (Å²) in [5.41, 5.74) is -0.0289. The third kappa shape index (κ3) is 2.09. The van der Waals surface area contributed by atoms with Gasteiger partial charge in [-0.05, 0) is 36.8 Å².